The third kappa shape index (κ3) is 2.91. The molecule has 2 fully saturated rings. The Morgan fingerprint density at radius 1 is 1.19 bits per heavy atom. The topological polar surface area (TPSA) is 32.5 Å². The summed E-state index contributed by atoms with van der Waals surface area (Å²) < 4.78 is 0. The molecule has 0 aromatic rings. The summed E-state index contributed by atoms with van der Waals surface area (Å²) in [7, 11) is 0. The zero-order valence-electron chi connectivity index (χ0n) is 14.2. The van der Waals surface area contributed by atoms with Crippen LogP contribution in [0.5, 0.6) is 0 Å². The van der Waals surface area contributed by atoms with Gasteiger partial charge in [-0.3, -0.25) is 4.90 Å². The van der Waals surface area contributed by atoms with Crippen molar-refractivity contribution in [3.63, 3.8) is 0 Å². The van der Waals surface area contributed by atoms with Gasteiger partial charge >= 0.3 is 0 Å². The summed E-state index contributed by atoms with van der Waals surface area (Å²) in [6.07, 6.45) is 7.41. The molecule has 118 valence electrons. The van der Waals surface area contributed by atoms with Gasteiger partial charge in [-0.15, -0.1) is 0 Å². The van der Waals surface area contributed by atoms with Gasteiger partial charge in [0.25, 0.3) is 0 Å². The minimum absolute atomic E-state index is 0.185. The van der Waals surface area contributed by atoms with Gasteiger partial charge in [-0.2, -0.15) is 0 Å². The molecule has 3 heterocycles. The molecule has 0 unspecified atom stereocenters. The Balaban J connectivity index is 2.06. The highest BCUT2D eigenvalue weighted by Crippen LogP contribution is 2.43. The maximum Gasteiger partial charge on any atom is 0.0450 e. The van der Waals surface area contributed by atoms with E-state index >= 15 is 0 Å². The molecule has 2 bridgehead atoms. The summed E-state index contributed by atoms with van der Waals surface area (Å²) in [5.74, 6) is 7.23. The van der Waals surface area contributed by atoms with Crippen molar-refractivity contribution in [1.29, 1.82) is 0 Å². The number of piperidine rings is 1. The molecule has 21 heavy (non-hydrogen) atoms. The fourth-order valence-corrected chi connectivity index (χ4v) is 4.11. The van der Waals surface area contributed by atoms with Crippen LogP contribution in [0.1, 0.15) is 53.4 Å². The highest BCUT2D eigenvalue weighted by molar-refractivity contribution is 5.42. The molecule has 1 saturated carbocycles. The number of nitrogens with two attached hydrogens (primary N) is 1. The van der Waals surface area contributed by atoms with Crippen LogP contribution in [-0.2, 0) is 0 Å². The second-order valence-electron chi connectivity index (χ2n) is 8.01. The van der Waals surface area contributed by atoms with E-state index < -0.39 is 0 Å². The van der Waals surface area contributed by atoms with Gasteiger partial charge in [-0.1, -0.05) is 26.8 Å². The predicted octanol–water partition coefficient (Wildman–Crippen LogP) is 3.30. The van der Waals surface area contributed by atoms with E-state index in [1.54, 1.807) is 0 Å². The average molecular weight is 289 g/mol. The molecule has 3 aliphatic heterocycles. The van der Waals surface area contributed by atoms with Crippen molar-refractivity contribution >= 4 is 0 Å². The molecule has 3 nitrogen and oxygen atoms in total. The highest BCUT2D eigenvalue weighted by Gasteiger charge is 2.39. The fraction of sp³-hybridized carbons (Fsp3) is 0.778. The molecular weight excluding hydrogens is 258 g/mol. The van der Waals surface area contributed by atoms with Crippen LogP contribution in [0, 0.1) is 11.3 Å². The van der Waals surface area contributed by atoms with Crippen LogP contribution in [0.25, 0.3) is 0 Å². The van der Waals surface area contributed by atoms with E-state index in [0.29, 0.717) is 12.0 Å². The van der Waals surface area contributed by atoms with Crippen LogP contribution < -0.4 is 5.84 Å². The summed E-state index contributed by atoms with van der Waals surface area (Å²) in [4.78, 5) is 2.62. The minimum Gasteiger partial charge on any atom is -0.311 e. The Labute approximate surface area is 129 Å². The van der Waals surface area contributed by atoms with Crippen LogP contribution in [0.4, 0.5) is 0 Å². The number of fused-ring (bicyclic) bond motifs is 3. The molecule has 2 N–H and O–H groups in total. The number of hydrazine groups is 1. The normalized spacial score (nSPS) is 30.6. The van der Waals surface area contributed by atoms with Gasteiger partial charge in [0.2, 0.25) is 0 Å². The van der Waals surface area contributed by atoms with Crippen LogP contribution in [-0.4, -0.2) is 35.6 Å². The van der Waals surface area contributed by atoms with Gasteiger partial charge in [0, 0.05) is 24.2 Å². The van der Waals surface area contributed by atoms with E-state index in [9.17, 15) is 0 Å². The van der Waals surface area contributed by atoms with Crippen molar-refractivity contribution in [2.24, 2.45) is 17.2 Å². The largest absolute Gasteiger partial charge is 0.311 e. The van der Waals surface area contributed by atoms with E-state index in [0.717, 1.165) is 6.54 Å². The Morgan fingerprint density at radius 3 is 2.29 bits per heavy atom. The van der Waals surface area contributed by atoms with Crippen LogP contribution in [0.15, 0.2) is 22.9 Å². The SMILES string of the molecule is C/C=C(\C1=C(N(N)C2CC2)C2CCN(CC2)C1)C(C)(C)C. The van der Waals surface area contributed by atoms with Gasteiger partial charge in [-0.25, -0.2) is 5.84 Å². The lowest BCUT2D eigenvalue weighted by Gasteiger charge is -2.33. The molecule has 0 amide bonds. The smallest absolute Gasteiger partial charge is 0.0450 e. The van der Waals surface area contributed by atoms with Crippen LogP contribution in [0.2, 0.25) is 0 Å². The lowest BCUT2D eigenvalue weighted by Crippen LogP contribution is -2.38. The first-order chi connectivity index (χ1) is 9.91. The van der Waals surface area contributed by atoms with Crippen molar-refractivity contribution in [2.45, 2.75) is 59.4 Å². The van der Waals surface area contributed by atoms with Crippen molar-refractivity contribution in [1.82, 2.24) is 9.91 Å². The molecular formula is C18H31N3. The number of nitrogens with zero attached hydrogens (tertiary/aromatic N) is 2. The van der Waals surface area contributed by atoms with Gasteiger partial charge in [0.1, 0.15) is 0 Å². The van der Waals surface area contributed by atoms with Gasteiger partial charge in [0.15, 0.2) is 0 Å². The zero-order valence-corrected chi connectivity index (χ0v) is 14.2. The van der Waals surface area contributed by atoms with Crippen molar-refractivity contribution < 1.29 is 0 Å². The van der Waals surface area contributed by atoms with Crippen molar-refractivity contribution in [3.8, 4) is 0 Å². The molecule has 1 aliphatic carbocycles. The predicted molar refractivity (Wildman–Crippen MR) is 88.5 cm³/mol. The first-order valence-corrected chi connectivity index (χ1v) is 8.58. The first kappa shape index (κ1) is 15.1. The standard InChI is InChI=1S/C18H31N3/c1-5-16(18(2,3)4)15-12-20-10-8-13(9-11-20)17(15)21(19)14-6-7-14/h5,13-14H,6-12,19H2,1-4H3/b16-5+. The lowest BCUT2D eigenvalue weighted by molar-refractivity contribution is 0.207. The van der Waals surface area contributed by atoms with E-state index in [2.05, 4.69) is 43.7 Å². The van der Waals surface area contributed by atoms with Gasteiger partial charge in [-0.05, 0) is 62.3 Å². The first-order valence-electron chi connectivity index (χ1n) is 8.58. The molecule has 4 rings (SSSR count). The number of hydrogen-bond donors (Lipinski definition) is 1. The minimum atomic E-state index is 0.185. The maximum atomic E-state index is 6.56. The Hall–Kier alpha value is -0.800. The molecule has 0 atom stereocenters. The lowest BCUT2D eigenvalue weighted by atomic mass is 9.79. The van der Waals surface area contributed by atoms with Crippen LogP contribution in [0.3, 0.4) is 0 Å². The van der Waals surface area contributed by atoms with Gasteiger partial charge < -0.3 is 5.01 Å². The number of rotatable bonds is 3. The average Bonchev–Trinajstić information content (AvgIpc) is 3.25. The second-order valence-corrected chi connectivity index (χ2v) is 8.01. The molecule has 3 heteroatoms. The molecule has 0 radical (unpaired) electrons. The molecule has 0 aromatic carbocycles. The third-order valence-corrected chi connectivity index (χ3v) is 5.31. The van der Waals surface area contributed by atoms with E-state index in [-0.39, 0.29) is 5.41 Å². The summed E-state index contributed by atoms with van der Waals surface area (Å²) in [6.45, 7) is 12.7. The highest BCUT2D eigenvalue weighted by atomic mass is 15.4. The monoisotopic (exact) mass is 289 g/mol. The summed E-state index contributed by atoms with van der Waals surface area (Å²) in [6, 6.07) is 0.597. The fourth-order valence-electron chi connectivity index (χ4n) is 4.11. The second kappa shape index (κ2) is 5.44. The quantitative estimate of drug-likeness (QED) is 0.639. The summed E-state index contributed by atoms with van der Waals surface area (Å²) in [5.41, 5.74) is 4.68. The van der Waals surface area contributed by atoms with E-state index in [4.69, 9.17) is 5.84 Å². The molecule has 1 saturated heterocycles. The van der Waals surface area contributed by atoms with Crippen molar-refractivity contribution in [3.05, 3.63) is 22.9 Å². The van der Waals surface area contributed by atoms with E-state index in [1.807, 2.05) is 0 Å². The maximum absolute atomic E-state index is 6.56. The Bertz CT molecular complexity index is 457. The zero-order chi connectivity index (χ0) is 15.2. The summed E-state index contributed by atoms with van der Waals surface area (Å²) in [5, 5.41) is 2.16. The summed E-state index contributed by atoms with van der Waals surface area (Å²) >= 11 is 0. The number of allylic oxidation sites excluding steroid dienone is 2. The van der Waals surface area contributed by atoms with Crippen molar-refractivity contribution in [2.75, 3.05) is 19.6 Å². The van der Waals surface area contributed by atoms with Crippen LogP contribution >= 0.6 is 0 Å². The van der Waals surface area contributed by atoms with Gasteiger partial charge in [0.05, 0.1) is 0 Å². The van der Waals surface area contributed by atoms with E-state index in [1.165, 1.54) is 55.6 Å². The third-order valence-electron chi connectivity index (χ3n) is 5.31. The number of hydrogen-bond acceptors (Lipinski definition) is 3. The molecule has 0 aromatic heterocycles. The Kier molecular flexibility index (Phi) is 3.91. The molecule has 0 spiro atoms. The Morgan fingerprint density at radius 2 is 1.81 bits per heavy atom. The molecule has 4 aliphatic rings.